The second-order valence-electron chi connectivity index (χ2n) is 1.72. The van der Waals surface area contributed by atoms with Crippen LogP contribution in [-0.4, -0.2) is 41.5 Å². The molecule has 0 radical (unpaired) electrons. The van der Waals surface area contributed by atoms with E-state index < -0.39 is 6.10 Å². The fourth-order valence-electron chi connectivity index (χ4n) is 0.397. The van der Waals surface area contributed by atoms with Gasteiger partial charge in [0.25, 0.3) is 0 Å². The van der Waals surface area contributed by atoms with Crippen LogP contribution < -0.4 is 0 Å². The Morgan fingerprint density at radius 2 is 2.22 bits per heavy atom. The van der Waals surface area contributed by atoms with Gasteiger partial charge in [-0.05, 0) is 0 Å². The molecule has 0 amide bonds. The average Bonchev–Trinajstić information content (AvgIpc) is 1.87. The lowest BCUT2D eigenvalue weighted by Gasteiger charge is -2.12. The Labute approximate surface area is 62.8 Å². The van der Waals surface area contributed by atoms with Crippen molar-refractivity contribution in [1.82, 2.24) is 0 Å². The number of hydrogen-bond donors (Lipinski definition) is 2. The maximum atomic E-state index is 8.99. The molecule has 0 bridgehead atoms. The summed E-state index contributed by atoms with van der Waals surface area (Å²) < 4.78 is 4.64. The lowest BCUT2D eigenvalue weighted by molar-refractivity contribution is 0.0537. The monoisotopic (exact) mass is 198 g/mol. The highest BCUT2D eigenvalue weighted by molar-refractivity contribution is 9.09. The molecule has 0 saturated heterocycles. The minimum Gasteiger partial charge on any atom is -0.395 e. The van der Waals surface area contributed by atoms with Crippen LogP contribution in [0.5, 0.6) is 0 Å². The lowest BCUT2D eigenvalue weighted by Crippen LogP contribution is -2.28. The molecule has 0 aliphatic rings. The van der Waals surface area contributed by atoms with E-state index in [0.29, 0.717) is 0 Å². The molecular weight excluding hydrogens is 188 g/mol. The average molecular weight is 199 g/mol. The van der Waals surface area contributed by atoms with Crippen LogP contribution in [0.1, 0.15) is 0 Å². The summed E-state index contributed by atoms with van der Waals surface area (Å²) in [6.45, 7) is 0.168. The molecule has 0 aromatic rings. The molecule has 4 heteroatoms. The summed E-state index contributed by atoms with van der Waals surface area (Å²) in [4.78, 5) is -0.280. The van der Waals surface area contributed by atoms with Gasteiger partial charge < -0.3 is 14.9 Å². The molecule has 56 valence electrons. The van der Waals surface area contributed by atoms with E-state index in [1.54, 1.807) is 0 Å². The van der Waals surface area contributed by atoms with E-state index in [1.807, 2.05) is 0 Å². The van der Waals surface area contributed by atoms with Gasteiger partial charge in [-0.15, -0.1) is 0 Å². The van der Waals surface area contributed by atoms with E-state index in [4.69, 9.17) is 10.2 Å². The topological polar surface area (TPSA) is 49.7 Å². The van der Waals surface area contributed by atoms with Crippen molar-refractivity contribution in [3.8, 4) is 0 Å². The summed E-state index contributed by atoms with van der Waals surface area (Å²) in [5.74, 6) is 0. The SMILES string of the molecule is COCC(O)C(Br)CO. The molecule has 0 fully saturated rings. The number of rotatable bonds is 4. The van der Waals surface area contributed by atoms with Crippen molar-refractivity contribution in [2.75, 3.05) is 20.3 Å². The molecule has 0 aliphatic heterocycles. The van der Waals surface area contributed by atoms with Gasteiger partial charge in [0.1, 0.15) is 0 Å². The Morgan fingerprint density at radius 3 is 2.56 bits per heavy atom. The first-order chi connectivity index (χ1) is 4.22. The zero-order valence-electron chi connectivity index (χ0n) is 5.25. The highest BCUT2D eigenvalue weighted by Crippen LogP contribution is 2.04. The van der Waals surface area contributed by atoms with E-state index in [9.17, 15) is 0 Å². The predicted molar refractivity (Wildman–Crippen MR) is 37.7 cm³/mol. The molecule has 0 saturated carbocycles. The maximum absolute atomic E-state index is 8.99. The summed E-state index contributed by atoms with van der Waals surface area (Å²) in [6, 6.07) is 0. The van der Waals surface area contributed by atoms with Gasteiger partial charge in [0.15, 0.2) is 0 Å². The molecule has 2 atom stereocenters. The molecule has 0 aromatic heterocycles. The zero-order chi connectivity index (χ0) is 7.28. The summed E-state index contributed by atoms with van der Waals surface area (Å²) in [6.07, 6.45) is -0.625. The largest absolute Gasteiger partial charge is 0.395 e. The molecular formula is C5H11BrO3. The molecule has 0 aromatic carbocycles. The van der Waals surface area contributed by atoms with Crippen LogP contribution in [0.4, 0.5) is 0 Å². The number of ether oxygens (including phenoxy) is 1. The van der Waals surface area contributed by atoms with Crippen LogP contribution in [0.15, 0.2) is 0 Å². The Bertz CT molecular complexity index is 69.2. The van der Waals surface area contributed by atoms with E-state index in [0.717, 1.165) is 0 Å². The van der Waals surface area contributed by atoms with Gasteiger partial charge in [-0.2, -0.15) is 0 Å². The first-order valence-electron chi connectivity index (χ1n) is 2.64. The van der Waals surface area contributed by atoms with Gasteiger partial charge in [0.05, 0.1) is 24.1 Å². The smallest absolute Gasteiger partial charge is 0.0920 e. The second kappa shape index (κ2) is 5.17. The van der Waals surface area contributed by atoms with Gasteiger partial charge in [0, 0.05) is 7.11 Å². The molecule has 2 N–H and O–H groups in total. The molecule has 0 aliphatic carbocycles. The van der Waals surface area contributed by atoms with Crippen molar-refractivity contribution in [3.05, 3.63) is 0 Å². The molecule has 0 rings (SSSR count). The van der Waals surface area contributed by atoms with Gasteiger partial charge in [-0.3, -0.25) is 0 Å². The fourth-order valence-corrected chi connectivity index (χ4v) is 0.549. The summed E-state index contributed by atoms with van der Waals surface area (Å²) in [5, 5.41) is 17.5. The normalized spacial score (nSPS) is 17.3. The van der Waals surface area contributed by atoms with Crippen LogP contribution in [0, 0.1) is 0 Å². The van der Waals surface area contributed by atoms with Crippen LogP contribution in [0.25, 0.3) is 0 Å². The summed E-state index contributed by atoms with van der Waals surface area (Å²) in [5.41, 5.74) is 0. The van der Waals surface area contributed by atoms with E-state index in [1.165, 1.54) is 7.11 Å². The van der Waals surface area contributed by atoms with Crippen LogP contribution in [0.3, 0.4) is 0 Å². The van der Waals surface area contributed by atoms with Gasteiger partial charge in [0.2, 0.25) is 0 Å². The van der Waals surface area contributed by atoms with Crippen molar-refractivity contribution in [2.24, 2.45) is 0 Å². The molecule has 2 unspecified atom stereocenters. The number of aliphatic hydroxyl groups is 2. The number of alkyl halides is 1. The Kier molecular flexibility index (Phi) is 5.38. The minimum atomic E-state index is -0.625. The molecule has 9 heavy (non-hydrogen) atoms. The quantitative estimate of drug-likeness (QED) is 0.614. The highest BCUT2D eigenvalue weighted by Gasteiger charge is 2.13. The second-order valence-corrected chi connectivity index (χ2v) is 2.90. The third-order valence-corrected chi connectivity index (χ3v) is 1.83. The Balaban J connectivity index is 3.32. The molecule has 3 nitrogen and oxygen atoms in total. The van der Waals surface area contributed by atoms with Crippen LogP contribution >= 0.6 is 15.9 Å². The van der Waals surface area contributed by atoms with Crippen LogP contribution in [-0.2, 0) is 4.74 Å². The third kappa shape index (κ3) is 3.86. The maximum Gasteiger partial charge on any atom is 0.0920 e. The summed E-state index contributed by atoms with van der Waals surface area (Å²) >= 11 is 3.06. The van der Waals surface area contributed by atoms with E-state index in [-0.39, 0.29) is 18.0 Å². The summed E-state index contributed by atoms with van der Waals surface area (Å²) in [7, 11) is 1.50. The lowest BCUT2D eigenvalue weighted by atomic mass is 10.3. The molecule has 0 spiro atoms. The third-order valence-electron chi connectivity index (χ3n) is 0.929. The Morgan fingerprint density at radius 1 is 1.67 bits per heavy atom. The number of aliphatic hydroxyl groups excluding tert-OH is 2. The Hall–Kier alpha value is 0.360. The number of methoxy groups -OCH3 is 1. The van der Waals surface area contributed by atoms with Gasteiger partial charge in [-0.25, -0.2) is 0 Å². The predicted octanol–water partition coefficient (Wildman–Crippen LogP) is -0.250. The van der Waals surface area contributed by atoms with Crippen molar-refractivity contribution >= 4 is 15.9 Å². The van der Waals surface area contributed by atoms with Gasteiger partial charge in [-0.1, -0.05) is 15.9 Å². The number of halogens is 1. The molecule has 0 heterocycles. The van der Waals surface area contributed by atoms with Crippen LogP contribution in [0.2, 0.25) is 0 Å². The van der Waals surface area contributed by atoms with E-state index in [2.05, 4.69) is 20.7 Å². The van der Waals surface area contributed by atoms with Crippen molar-refractivity contribution in [1.29, 1.82) is 0 Å². The first kappa shape index (κ1) is 9.36. The zero-order valence-corrected chi connectivity index (χ0v) is 6.84. The fraction of sp³-hybridized carbons (Fsp3) is 1.00. The van der Waals surface area contributed by atoms with Crippen molar-refractivity contribution < 1.29 is 14.9 Å². The standard InChI is InChI=1S/C5H11BrO3/c1-9-3-5(8)4(6)2-7/h4-5,7-8H,2-3H2,1H3. The number of hydrogen-bond acceptors (Lipinski definition) is 3. The van der Waals surface area contributed by atoms with E-state index >= 15 is 0 Å². The van der Waals surface area contributed by atoms with Gasteiger partial charge >= 0.3 is 0 Å². The minimum absolute atomic E-state index is 0.0788. The first-order valence-corrected chi connectivity index (χ1v) is 3.56. The van der Waals surface area contributed by atoms with Crippen molar-refractivity contribution in [2.45, 2.75) is 10.9 Å². The van der Waals surface area contributed by atoms with Crippen molar-refractivity contribution in [3.63, 3.8) is 0 Å². The highest BCUT2D eigenvalue weighted by atomic mass is 79.9.